The van der Waals surface area contributed by atoms with Crippen LogP contribution in [-0.2, 0) is 4.79 Å². The normalized spacial score (nSPS) is 14.2. The summed E-state index contributed by atoms with van der Waals surface area (Å²) >= 11 is 8.63. The Hall–Kier alpha value is -1.97. The lowest BCUT2D eigenvalue weighted by Crippen LogP contribution is -2.38. The quantitative estimate of drug-likeness (QED) is 0.785. The van der Waals surface area contributed by atoms with Gasteiger partial charge in [0.2, 0.25) is 5.91 Å². The lowest BCUT2D eigenvalue weighted by Gasteiger charge is -2.12. The summed E-state index contributed by atoms with van der Waals surface area (Å²) in [7, 11) is 0. The molecule has 0 aliphatic carbocycles. The van der Waals surface area contributed by atoms with Gasteiger partial charge in [0.15, 0.2) is 0 Å². The van der Waals surface area contributed by atoms with Crippen LogP contribution in [0.15, 0.2) is 17.5 Å². The van der Waals surface area contributed by atoms with Gasteiger partial charge in [0, 0.05) is 18.5 Å². The summed E-state index contributed by atoms with van der Waals surface area (Å²) in [5.74, 6) is -0.642. The van der Waals surface area contributed by atoms with Crippen molar-refractivity contribution in [2.45, 2.75) is 0 Å². The predicted octanol–water partition coefficient (Wildman–Crippen LogP) is 1.81. The first-order valence-corrected chi connectivity index (χ1v) is 8.69. The van der Waals surface area contributed by atoms with E-state index in [2.05, 4.69) is 15.6 Å². The van der Waals surface area contributed by atoms with E-state index in [4.69, 9.17) is 11.6 Å². The zero-order chi connectivity index (χ0) is 16.4. The molecule has 3 heterocycles. The highest BCUT2D eigenvalue weighted by Crippen LogP contribution is 2.32. The Labute approximate surface area is 144 Å². The first-order chi connectivity index (χ1) is 11.0. The van der Waals surface area contributed by atoms with E-state index in [1.54, 1.807) is 11.4 Å². The monoisotopic (exact) mass is 370 g/mol. The number of carbonyl (C=O) groups excluding carboxylic acids is 3. The zero-order valence-electron chi connectivity index (χ0n) is 11.7. The van der Waals surface area contributed by atoms with Gasteiger partial charge in [-0.15, -0.1) is 22.7 Å². The first-order valence-electron chi connectivity index (χ1n) is 6.62. The van der Waals surface area contributed by atoms with Crippen LogP contribution >= 0.6 is 34.3 Å². The smallest absolute Gasteiger partial charge is 0.324 e. The number of hydrogen-bond donors (Lipinski definition) is 2. The van der Waals surface area contributed by atoms with Crippen LogP contribution in [-0.4, -0.2) is 47.4 Å². The molecule has 1 aliphatic heterocycles. The Balaban J connectivity index is 1.56. The summed E-state index contributed by atoms with van der Waals surface area (Å²) in [6, 6.07) is 3.20. The minimum atomic E-state index is -0.435. The predicted molar refractivity (Wildman–Crippen MR) is 87.9 cm³/mol. The highest BCUT2D eigenvalue weighted by atomic mass is 35.5. The number of amides is 4. The molecule has 0 spiro atoms. The molecule has 2 aromatic heterocycles. The topological polar surface area (TPSA) is 91.4 Å². The molecular weight excluding hydrogens is 360 g/mol. The highest BCUT2D eigenvalue weighted by molar-refractivity contribution is 7.23. The van der Waals surface area contributed by atoms with Gasteiger partial charge in [-0.1, -0.05) is 11.6 Å². The van der Waals surface area contributed by atoms with Gasteiger partial charge < -0.3 is 10.6 Å². The molecule has 2 aromatic rings. The lowest BCUT2D eigenvalue weighted by atomic mass is 10.4. The molecule has 10 heteroatoms. The van der Waals surface area contributed by atoms with Gasteiger partial charge >= 0.3 is 6.03 Å². The third-order valence-electron chi connectivity index (χ3n) is 3.08. The average Bonchev–Trinajstić information content (AvgIpc) is 3.22. The van der Waals surface area contributed by atoms with E-state index in [0.29, 0.717) is 10.0 Å². The molecule has 0 bridgehead atoms. The van der Waals surface area contributed by atoms with E-state index in [1.165, 1.54) is 22.7 Å². The largest absolute Gasteiger partial charge is 0.349 e. The molecule has 0 unspecified atom stereocenters. The summed E-state index contributed by atoms with van der Waals surface area (Å²) in [6.45, 7) is 0.315. The molecule has 7 nitrogen and oxygen atoms in total. The molecule has 4 amide bonds. The van der Waals surface area contributed by atoms with Crippen molar-refractivity contribution in [1.29, 1.82) is 0 Å². The SMILES string of the molecule is O=C(NCCN1C(=O)CNC1=O)c1csc(-c2ccc(Cl)s2)n1. The molecule has 1 saturated heterocycles. The lowest BCUT2D eigenvalue weighted by molar-refractivity contribution is -0.124. The fourth-order valence-corrected chi connectivity index (χ4v) is 3.89. The Morgan fingerprint density at radius 3 is 2.91 bits per heavy atom. The van der Waals surface area contributed by atoms with Crippen LogP contribution < -0.4 is 10.6 Å². The van der Waals surface area contributed by atoms with Gasteiger partial charge in [-0.2, -0.15) is 0 Å². The molecule has 120 valence electrons. The molecule has 0 saturated carbocycles. The van der Waals surface area contributed by atoms with Crippen LogP contribution in [0.4, 0.5) is 4.79 Å². The van der Waals surface area contributed by atoms with Crippen molar-refractivity contribution >= 4 is 52.1 Å². The molecule has 1 fully saturated rings. The van der Waals surface area contributed by atoms with Gasteiger partial charge in [-0.3, -0.25) is 14.5 Å². The summed E-state index contributed by atoms with van der Waals surface area (Å²) in [5.41, 5.74) is 0.298. The number of rotatable bonds is 5. The van der Waals surface area contributed by atoms with Crippen LogP contribution in [0, 0.1) is 0 Å². The van der Waals surface area contributed by atoms with E-state index in [0.717, 1.165) is 14.8 Å². The van der Waals surface area contributed by atoms with Crippen molar-refractivity contribution in [3.63, 3.8) is 0 Å². The zero-order valence-corrected chi connectivity index (χ0v) is 14.1. The van der Waals surface area contributed by atoms with E-state index < -0.39 is 6.03 Å². The molecule has 3 rings (SSSR count). The second-order valence-corrected chi connectivity index (χ2v) is 7.17. The third kappa shape index (κ3) is 3.52. The number of halogens is 1. The number of thiazole rings is 1. The Kier molecular flexibility index (Phi) is 4.60. The molecule has 0 aromatic carbocycles. The maximum absolute atomic E-state index is 12.0. The summed E-state index contributed by atoms with van der Waals surface area (Å²) in [4.78, 5) is 41.0. The van der Waals surface area contributed by atoms with Crippen LogP contribution in [0.2, 0.25) is 4.34 Å². The molecule has 23 heavy (non-hydrogen) atoms. The summed E-state index contributed by atoms with van der Waals surface area (Å²) in [5, 5.41) is 7.44. The second-order valence-electron chi connectivity index (χ2n) is 4.60. The number of nitrogens with one attached hydrogen (secondary N) is 2. The van der Waals surface area contributed by atoms with Crippen LogP contribution in [0.1, 0.15) is 10.5 Å². The van der Waals surface area contributed by atoms with E-state index in [1.807, 2.05) is 6.07 Å². The first kappa shape index (κ1) is 15.9. The minimum absolute atomic E-state index is 0.00555. The second kappa shape index (κ2) is 6.65. The third-order valence-corrected chi connectivity index (χ3v) is 5.32. The molecule has 1 aliphatic rings. The van der Waals surface area contributed by atoms with Crippen LogP contribution in [0.25, 0.3) is 9.88 Å². The number of urea groups is 1. The summed E-state index contributed by atoms with van der Waals surface area (Å²) < 4.78 is 0.662. The molecule has 2 N–H and O–H groups in total. The van der Waals surface area contributed by atoms with Crippen molar-refractivity contribution in [3.05, 3.63) is 27.5 Å². The van der Waals surface area contributed by atoms with E-state index in [9.17, 15) is 14.4 Å². The van der Waals surface area contributed by atoms with E-state index >= 15 is 0 Å². The van der Waals surface area contributed by atoms with Crippen molar-refractivity contribution in [2.75, 3.05) is 19.6 Å². The molecule has 0 radical (unpaired) electrons. The van der Waals surface area contributed by atoms with E-state index in [-0.39, 0.29) is 31.4 Å². The maximum atomic E-state index is 12.0. The van der Waals surface area contributed by atoms with Gasteiger partial charge in [0.1, 0.15) is 10.7 Å². The fourth-order valence-electron chi connectivity index (χ4n) is 1.97. The van der Waals surface area contributed by atoms with Crippen LogP contribution in [0.5, 0.6) is 0 Å². The molecule has 0 atom stereocenters. The standard InChI is InChI=1S/C13H11ClN4O3S2/c14-9-2-1-8(23-9)12-17-7(6-22-12)11(20)15-3-4-18-10(19)5-16-13(18)21/h1-2,6H,3-5H2,(H,15,20)(H,16,21). The van der Waals surface area contributed by atoms with Gasteiger partial charge in [-0.25, -0.2) is 9.78 Å². The van der Waals surface area contributed by atoms with Crippen molar-refractivity contribution < 1.29 is 14.4 Å². The average molecular weight is 371 g/mol. The molecular formula is C13H11ClN4O3S2. The summed E-state index contributed by atoms with van der Waals surface area (Å²) in [6.07, 6.45) is 0. The fraction of sp³-hybridized carbons (Fsp3) is 0.231. The van der Waals surface area contributed by atoms with Crippen molar-refractivity contribution in [3.8, 4) is 9.88 Å². The maximum Gasteiger partial charge on any atom is 0.324 e. The number of hydrogen-bond acceptors (Lipinski definition) is 6. The number of carbonyl (C=O) groups is 3. The van der Waals surface area contributed by atoms with Gasteiger partial charge in [0.05, 0.1) is 15.8 Å². The van der Waals surface area contributed by atoms with Gasteiger partial charge in [-0.05, 0) is 12.1 Å². The number of thiophene rings is 1. The van der Waals surface area contributed by atoms with Gasteiger partial charge in [0.25, 0.3) is 5.91 Å². The highest BCUT2D eigenvalue weighted by Gasteiger charge is 2.27. The minimum Gasteiger partial charge on any atom is -0.349 e. The number of imide groups is 1. The Bertz CT molecular complexity index is 757. The Morgan fingerprint density at radius 2 is 2.26 bits per heavy atom. The number of nitrogens with zero attached hydrogens (tertiary/aromatic N) is 2. The van der Waals surface area contributed by atoms with Crippen molar-refractivity contribution in [2.24, 2.45) is 0 Å². The van der Waals surface area contributed by atoms with Crippen molar-refractivity contribution in [1.82, 2.24) is 20.5 Å². The van der Waals surface area contributed by atoms with Crippen LogP contribution in [0.3, 0.4) is 0 Å². The Morgan fingerprint density at radius 1 is 1.43 bits per heavy atom. The number of aromatic nitrogens is 1.